The van der Waals surface area contributed by atoms with Crippen LogP contribution in [0.25, 0.3) is 11.6 Å². The van der Waals surface area contributed by atoms with Crippen LogP contribution in [-0.4, -0.2) is 21.9 Å². The maximum atomic E-state index is 11.3. The van der Waals surface area contributed by atoms with Crippen molar-refractivity contribution in [2.45, 2.75) is 0 Å². The average molecular weight is 462 g/mol. The van der Waals surface area contributed by atoms with Gasteiger partial charge in [0.05, 0.1) is 39.6 Å². The molecule has 0 saturated heterocycles. The Morgan fingerprint density at radius 1 is 0.853 bits per heavy atom. The van der Waals surface area contributed by atoms with Crippen molar-refractivity contribution in [2.24, 2.45) is 0 Å². The third-order valence-electron chi connectivity index (χ3n) is 4.56. The fourth-order valence-corrected chi connectivity index (χ4v) is 2.96. The minimum atomic E-state index is -0.801. The van der Waals surface area contributed by atoms with Crippen LogP contribution in [0.4, 0.5) is 17.1 Å². The summed E-state index contributed by atoms with van der Waals surface area (Å²) in [5.74, 6) is 0.0229. The number of nitrogens with zero attached hydrogens (tertiary/aromatic N) is 4. The van der Waals surface area contributed by atoms with Crippen molar-refractivity contribution < 1.29 is 24.2 Å². The summed E-state index contributed by atoms with van der Waals surface area (Å²) < 4.78 is 10.9. The number of allylic oxidation sites excluding steroid dienone is 1. The fourth-order valence-electron chi connectivity index (χ4n) is 2.96. The Labute approximate surface area is 191 Å². The molecule has 3 aromatic carbocycles. The topological polar surface area (TPSA) is 172 Å². The molecule has 0 spiro atoms. The van der Waals surface area contributed by atoms with Crippen LogP contribution in [0.1, 0.15) is 11.1 Å². The summed E-state index contributed by atoms with van der Waals surface area (Å²) in [7, 11) is 1.34. The Bertz CT molecular complexity index is 1380. The third kappa shape index (κ3) is 5.11. The number of rotatable bonds is 8. The van der Waals surface area contributed by atoms with Crippen molar-refractivity contribution >= 4 is 28.7 Å². The highest BCUT2D eigenvalue weighted by molar-refractivity contribution is 5.90. The second-order valence-corrected chi connectivity index (χ2v) is 6.66. The Morgan fingerprint density at radius 2 is 1.53 bits per heavy atom. The van der Waals surface area contributed by atoms with E-state index >= 15 is 0 Å². The molecular formula is C22H14N4O8. The largest absolute Gasteiger partial charge is 0.493 e. The molecule has 0 aromatic heterocycles. The highest BCUT2D eigenvalue weighted by Crippen LogP contribution is 2.38. The Morgan fingerprint density at radius 3 is 2.15 bits per heavy atom. The molecule has 12 nitrogen and oxygen atoms in total. The van der Waals surface area contributed by atoms with E-state index in [1.807, 2.05) is 6.07 Å². The summed E-state index contributed by atoms with van der Waals surface area (Å²) in [5, 5.41) is 42.8. The minimum Gasteiger partial charge on any atom is -0.493 e. The van der Waals surface area contributed by atoms with Crippen LogP contribution in [0.15, 0.2) is 60.7 Å². The molecule has 0 heterocycles. The van der Waals surface area contributed by atoms with Gasteiger partial charge < -0.3 is 9.47 Å². The third-order valence-corrected chi connectivity index (χ3v) is 4.56. The van der Waals surface area contributed by atoms with Gasteiger partial charge in [-0.15, -0.1) is 0 Å². The molecule has 0 fully saturated rings. The number of non-ortho nitro benzene ring substituents is 2. The smallest absolute Gasteiger partial charge is 0.318 e. The van der Waals surface area contributed by atoms with E-state index < -0.39 is 26.1 Å². The summed E-state index contributed by atoms with van der Waals surface area (Å²) in [5.41, 5.74) is -0.229. The number of methoxy groups -OCH3 is 1. The molecule has 0 saturated carbocycles. The zero-order valence-electron chi connectivity index (χ0n) is 17.4. The van der Waals surface area contributed by atoms with Gasteiger partial charge in [0.15, 0.2) is 11.5 Å². The first-order valence-corrected chi connectivity index (χ1v) is 9.39. The maximum Gasteiger partial charge on any atom is 0.318 e. The molecule has 0 bridgehead atoms. The minimum absolute atomic E-state index is 0.0884. The van der Waals surface area contributed by atoms with E-state index in [4.69, 9.17) is 9.47 Å². The fraction of sp³-hybridized carbons (Fsp3) is 0.0455. The van der Waals surface area contributed by atoms with Gasteiger partial charge in [-0.05, 0) is 35.4 Å². The predicted octanol–water partition coefficient (Wildman–Crippen LogP) is 5.28. The molecule has 3 aromatic rings. The van der Waals surface area contributed by atoms with E-state index in [9.17, 15) is 35.6 Å². The molecule has 12 heteroatoms. The molecule has 0 aliphatic heterocycles. The first-order chi connectivity index (χ1) is 16.2. The number of hydrogen-bond acceptors (Lipinski definition) is 9. The standard InChI is InChI=1S/C22H14N4O8/c1-33-22-10-14(9-16(13-23)15-3-2-4-17(11-15)24(27)28)5-7-21(22)34-20-8-6-18(25(29)30)12-19(20)26(31)32/h2-12H,1H3/b16-9-. The molecular weight excluding hydrogens is 448 g/mol. The molecule has 34 heavy (non-hydrogen) atoms. The number of nitro benzene ring substituents is 3. The number of nitriles is 1. The zero-order valence-corrected chi connectivity index (χ0v) is 17.4. The van der Waals surface area contributed by atoms with E-state index in [1.165, 1.54) is 43.5 Å². The lowest BCUT2D eigenvalue weighted by Gasteiger charge is -2.11. The quantitative estimate of drug-likeness (QED) is 0.187. The molecule has 0 radical (unpaired) electrons. The first kappa shape index (κ1) is 23.4. The number of benzene rings is 3. The van der Waals surface area contributed by atoms with Crippen LogP contribution >= 0.6 is 0 Å². The average Bonchev–Trinajstić information content (AvgIpc) is 2.83. The van der Waals surface area contributed by atoms with Gasteiger partial charge in [0.2, 0.25) is 5.75 Å². The van der Waals surface area contributed by atoms with Crippen LogP contribution in [-0.2, 0) is 0 Å². The van der Waals surface area contributed by atoms with Crippen molar-refractivity contribution in [1.82, 2.24) is 0 Å². The van der Waals surface area contributed by atoms with Crippen LogP contribution in [0, 0.1) is 41.7 Å². The second kappa shape index (κ2) is 9.88. The second-order valence-electron chi connectivity index (χ2n) is 6.66. The molecule has 170 valence electrons. The lowest BCUT2D eigenvalue weighted by atomic mass is 10.0. The predicted molar refractivity (Wildman–Crippen MR) is 119 cm³/mol. The molecule has 0 amide bonds. The van der Waals surface area contributed by atoms with Crippen molar-refractivity contribution in [1.29, 1.82) is 5.26 Å². The van der Waals surface area contributed by atoms with Gasteiger partial charge in [0.25, 0.3) is 11.4 Å². The van der Waals surface area contributed by atoms with Gasteiger partial charge >= 0.3 is 5.69 Å². The summed E-state index contributed by atoms with van der Waals surface area (Å²) in [6, 6.07) is 15.1. The Balaban J connectivity index is 1.97. The molecule has 0 N–H and O–H groups in total. The van der Waals surface area contributed by atoms with Gasteiger partial charge in [-0.1, -0.05) is 18.2 Å². The Kier molecular flexibility index (Phi) is 6.78. The molecule has 0 aliphatic rings. The Hall–Kier alpha value is -5.31. The van der Waals surface area contributed by atoms with Crippen molar-refractivity contribution in [3.05, 3.63) is 102 Å². The number of ether oxygens (including phenoxy) is 2. The molecule has 0 unspecified atom stereocenters. The lowest BCUT2D eigenvalue weighted by Crippen LogP contribution is -1.97. The summed E-state index contributed by atoms with van der Waals surface area (Å²) in [4.78, 5) is 31.1. The first-order valence-electron chi connectivity index (χ1n) is 9.39. The SMILES string of the molecule is COc1cc(/C=C(/C#N)c2cccc([N+](=O)[O-])c2)ccc1Oc1ccc([N+](=O)[O-])cc1[N+](=O)[O-]. The van der Waals surface area contributed by atoms with Gasteiger partial charge in [-0.25, -0.2) is 0 Å². The molecule has 3 rings (SSSR count). The van der Waals surface area contributed by atoms with Gasteiger partial charge in [0, 0.05) is 18.2 Å². The van der Waals surface area contributed by atoms with E-state index in [2.05, 4.69) is 0 Å². The summed E-state index contributed by atoms with van der Waals surface area (Å²) >= 11 is 0. The van der Waals surface area contributed by atoms with Crippen LogP contribution in [0.2, 0.25) is 0 Å². The highest BCUT2D eigenvalue weighted by atomic mass is 16.6. The normalized spacial score (nSPS) is 10.8. The summed E-state index contributed by atoms with van der Waals surface area (Å²) in [6.07, 6.45) is 1.49. The van der Waals surface area contributed by atoms with Crippen molar-refractivity contribution in [2.75, 3.05) is 7.11 Å². The monoisotopic (exact) mass is 462 g/mol. The van der Waals surface area contributed by atoms with Gasteiger partial charge in [-0.3, -0.25) is 30.3 Å². The van der Waals surface area contributed by atoms with Gasteiger partial charge in [-0.2, -0.15) is 5.26 Å². The van der Waals surface area contributed by atoms with E-state index in [1.54, 1.807) is 12.1 Å². The van der Waals surface area contributed by atoms with E-state index in [0.29, 0.717) is 11.1 Å². The van der Waals surface area contributed by atoms with E-state index in [0.717, 1.165) is 18.2 Å². The van der Waals surface area contributed by atoms with Gasteiger partial charge in [0.1, 0.15) is 0 Å². The van der Waals surface area contributed by atoms with Crippen LogP contribution < -0.4 is 9.47 Å². The number of nitro groups is 3. The van der Waals surface area contributed by atoms with Crippen molar-refractivity contribution in [3.8, 4) is 23.3 Å². The number of hydrogen-bond donors (Lipinski definition) is 0. The van der Waals surface area contributed by atoms with Crippen LogP contribution in [0.5, 0.6) is 17.2 Å². The lowest BCUT2D eigenvalue weighted by molar-refractivity contribution is -0.394. The van der Waals surface area contributed by atoms with E-state index in [-0.39, 0.29) is 28.5 Å². The maximum absolute atomic E-state index is 11.3. The highest BCUT2D eigenvalue weighted by Gasteiger charge is 2.22. The van der Waals surface area contributed by atoms with Crippen LogP contribution in [0.3, 0.4) is 0 Å². The summed E-state index contributed by atoms with van der Waals surface area (Å²) in [6.45, 7) is 0. The van der Waals surface area contributed by atoms with Crippen molar-refractivity contribution in [3.63, 3.8) is 0 Å². The molecule has 0 aliphatic carbocycles. The molecule has 0 atom stereocenters. The zero-order chi connectivity index (χ0) is 24.8.